The molecule has 0 fully saturated rings. The van der Waals surface area contributed by atoms with Crippen LogP contribution in [0.5, 0.6) is 0 Å². The first-order chi connectivity index (χ1) is 14.5. The lowest BCUT2D eigenvalue weighted by Crippen LogP contribution is -2.27. The second-order valence-corrected chi connectivity index (χ2v) is 7.09. The molecule has 0 radical (unpaired) electrons. The molecule has 3 aromatic rings. The van der Waals surface area contributed by atoms with Gasteiger partial charge in [-0.05, 0) is 18.9 Å². The van der Waals surface area contributed by atoms with Gasteiger partial charge >= 0.3 is 5.97 Å². The standard InChI is InChI=1S/C22H27N5O3/c1-5-9-16-18(22(29)30-4)14(2)24-19(16)21(28)23-13-12-17-25-26-20(27(17)3)15-10-7-6-8-11-15/h6-8,10-11,24H,5,9,12-13H2,1-4H3,(H,23,28). The molecule has 0 saturated carbocycles. The third kappa shape index (κ3) is 4.27. The number of nitrogens with one attached hydrogen (secondary N) is 2. The van der Waals surface area contributed by atoms with Gasteiger partial charge in [0.05, 0.1) is 12.7 Å². The van der Waals surface area contributed by atoms with E-state index in [2.05, 4.69) is 20.5 Å². The fraction of sp³-hybridized carbons (Fsp3) is 0.364. The zero-order valence-electron chi connectivity index (χ0n) is 17.8. The average molecular weight is 409 g/mol. The Morgan fingerprint density at radius 1 is 1.17 bits per heavy atom. The van der Waals surface area contributed by atoms with Crippen LogP contribution in [0.4, 0.5) is 0 Å². The summed E-state index contributed by atoms with van der Waals surface area (Å²) in [6.45, 7) is 4.17. The molecule has 0 saturated heterocycles. The number of ether oxygens (including phenoxy) is 1. The maximum Gasteiger partial charge on any atom is 0.339 e. The fourth-order valence-electron chi connectivity index (χ4n) is 3.54. The number of amides is 1. The summed E-state index contributed by atoms with van der Waals surface area (Å²) in [6.07, 6.45) is 1.96. The number of aryl methyl sites for hydroxylation is 1. The summed E-state index contributed by atoms with van der Waals surface area (Å²) >= 11 is 0. The lowest BCUT2D eigenvalue weighted by atomic mass is 10.0. The highest BCUT2D eigenvalue weighted by Gasteiger charge is 2.24. The number of esters is 1. The van der Waals surface area contributed by atoms with Crippen LogP contribution in [-0.2, 0) is 24.6 Å². The van der Waals surface area contributed by atoms with E-state index >= 15 is 0 Å². The summed E-state index contributed by atoms with van der Waals surface area (Å²) in [5.41, 5.74) is 3.19. The van der Waals surface area contributed by atoms with Crippen molar-refractivity contribution < 1.29 is 14.3 Å². The van der Waals surface area contributed by atoms with Gasteiger partial charge in [0.1, 0.15) is 11.5 Å². The van der Waals surface area contributed by atoms with Crippen molar-refractivity contribution in [2.45, 2.75) is 33.1 Å². The van der Waals surface area contributed by atoms with Gasteiger partial charge in [0, 0.05) is 31.3 Å². The van der Waals surface area contributed by atoms with E-state index in [-0.39, 0.29) is 5.91 Å². The maximum atomic E-state index is 12.8. The molecule has 158 valence electrons. The Hall–Kier alpha value is -3.42. The van der Waals surface area contributed by atoms with Gasteiger partial charge in [0.25, 0.3) is 5.91 Å². The van der Waals surface area contributed by atoms with Crippen LogP contribution in [0.25, 0.3) is 11.4 Å². The Morgan fingerprint density at radius 2 is 1.90 bits per heavy atom. The summed E-state index contributed by atoms with van der Waals surface area (Å²) in [7, 11) is 3.25. The van der Waals surface area contributed by atoms with Crippen LogP contribution in [0, 0.1) is 6.92 Å². The normalized spacial score (nSPS) is 10.8. The molecule has 1 aromatic carbocycles. The summed E-state index contributed by atoms with van der Waals surface area (Å²) in [5, 5.41) is 11.4. The Bertz CT molecular complexity index is 1040. The highest BCUT2D eigenvalue weighted by molar-refractivity contribution is 6.00. The van der Waals surface area contributed by atoms with Crippen LogP contribution >= 0.6 is 0 Å². The lowest BCUT2D eigenvalue weighted by Gasteiger charge is -2.08. The molecule has 0 bridgehead atoms. The quantitative estimate of drug-likeness (QED) is 0.557. The smallest absolute Gasteiger partial charge is 0.339 e. The highest BCUT2D eigenvalue weighted by atomic mass is 16.5. The molecular weight excluding hydrogens is 382 g/mol. The van der Waals surface area contributed by atoms with Crippen molar-refractivity contribution in [2.24, 2.45) is 7.05 Å². The Morgan fingerprint density at radius 3 is 2.57 bits per heavy atom. The molecule has 2 aromatic heterocycles. The van der Waals surface area contributed by atoms with E-state index in [4.69, 9.17) is 4.74 Å². The maximum absolute atomic E-state index is 12.8. The first kappa shape index (κ1) is 21.3. The number of hydrogen-bond donors (Lipinski definition) is 2. The van der Waals surface area contributed by atoms with Gasteiger partial charge in [-0.25, -0.2) is 4.79 Å². The minimum atomic E-state index is -0.432. The first-order valence-electron chi connectivity index (χ1n) is 9.99. The molecule has 30 heavy (non-hydrogen) atoms. The molecule has 8 nitrogen and oxygen atoms in total. The second kappa shape index (κ2) is 9.39. The number of rotatable bonds is 8. The van der Waals surface area contributed by atoms with E-state index in [1.165, 1.54) is 7.11 Å². The van der Waals surface area contributed by atoms with Gasteiger partial charge in [-0.3, -0.25) is 4.79 Å². The van der Waals surface area contributed by atoms with Crippen molar-refractivity contribution >= 4 is 11.9 Å². The summed E-state index contributed by atoms with van der Waals surface area (Å²) in [4.78, 5) is 28.0. The summed E-state index contributed by atoms with van der Waals surface area (Å²) in [6, 6.07) is 9.84. The van der Waals surface area contributed by atoms with Crippen molar-refractivity contribution in [2.75, 3.05) is 13.7 Å². The molecule has 0 aliphatic heterocycles. The number of benzene rings is 1. The van der Waals surface area contributed by atoms with Crippen LogP contribution in [0.2, 0.25) is 0 Å². The zero-order valence-corrected chi connectivity index (χ0v) is 17.8. The molecule has 0 aliphatic rings. The molecule has 8 heteroatoms. The van der Waals surface area contributed by atoms with Gasteiger partial charge in [-0.1, -0.05) is 43.7 Å². The number of hydrogen-bond acceptors (Lipinski definition) is 5. The molecule has 0 spiro atoms. The Kier molecular flexibility index (Phi) is 6.66. The lowest BCUT2D eigenvalue weighted by molar-refractivity contribution is 0.0599. The van der Waals surface area contributed by atoms with Gasteiger partial charge in [0.15, 0.2) is 5.82 Å². The van der Waals surface area contributed by atoms with Gasteiger partial charge in [-0.2, -0.15) is 0 Å². The molecule has 0 unspecified atom stereocenters. The van der Waals surface area contributed by atoms with Crippen LogP contribution in [0.15, 0.2) is 30.3 Å². The molecule has 2 N–H and O–H groups in total. The average Bonchev–Trinajstić information content (AvgIpc) is 3.28. The molecule has 2 heterocycles. The second-order valence-electron chi connectivity index (χ2n) is 7.09. The van der Waals surface area contributed by atoms with Crippen LogP contribution < -0.4 is 5.32 Å². The third-order valence-corrected chi connectivity index (χ3v) is 5.04. The molecule has 3 rings (SSSR count). The van der Waals surface area contributed by atoms with Gasteiger partial charge in [-0.15, -0.1) is 10.2 Å². The largest absolute Gasteiger partial charge is 0.465 e. The molecule has 0 atom stereocenters. The molecular formula is C22H27N5O3. The van der Waals surface area contributed by atoms with Gasteiger partial charge < -0.3 is 19.6 Å². The molecule has 1 amide bonds. The zero-order chi connectivity index (χ0) is 21.7. The topological polar surface area (TPSA) is 102 Å². The van der Waals surface area contributed by atoms with Crippen LogP contribution in [-0.4, -0.2) is 45.3 Å². The summed E-state index contributed by atoms with van der Waals surface area (Å²) in [5.74, 6) is 0.881. The van der Waals surface area contributed by atoms with Crippen molar-refractivity contribution in [3.05, 3.63) is 58.7 Å². The van der Waals surface area contributed by atoms with Crippen LogP contribution in [0.3, 0.4) is 0 Å². The minimum Gasteiger partial charge on any atom is -0.465 e. The van der Waals surface area contributed by atoms with E-state index in [1.807, 2.05) is 48.9 Å². The van der Waals surface area contributed by atoms with E-state index in [0.29, 0.717) is 41.9 Å². The van der Waals surface area contributed by atoms with E-state index in [0.717, 1.165) is 23.6 Å². The number of nitrogens with zero attached hydrogens (tertiary/aromatic N) is 3. The highest BCUT2D eigenvalue weighted by Crippen LogP contribution is 2.22. The third-order valence-electron chi connectivity index (χ3n) is 5.04. The van der Waals surface area contributed by atoms with Crippen molar-refractivity contribution in [1.29, 1.82) is 0 Å². The summed E-state index contributed by atoms with van der Waals surface area (Å²) < 4.78 is 6.81. The Labute approximate surface area is 175 Å². The van der Waals surface area contributed by atoms with E-state index in [1.54, 1.807) is 6.92 Å². The monoisotopic (exact) mass is 409 g/mol. The van der Waals surface area contributed by atoms with E-state index < -0.39 is 5.97 Å². The fourth-order valence-corrected chi connectivity index (χ4v) is 3.54. The minimum absolute atomic E-state index is 0.248. The number of aromatic nitrogens is 4. The Balaban J connectivity index is 1.70. The number of carbonyl (C=O) groups is 2. The van der Waals surface area contributed by atoms with Gasteiger partial charge in [0.2, 0.25) is 0 Å². The van der Waals surface area contributed by atoms with Crippen molar-refractivity contribution in [1.82, 2.24) is 25.1 Å². The predicted octanol–water partition coefficient (Wildman–Crippen LogP) is 2.83. The molecule has 0 aliphatic carbocycles. The van der Waals surface area contributed by atoms with E-state index in [9.17, 15) is 9.59 Å². The number of methoxy groups -OCH3 is 1. The van der Waals surface area contributed by atoms with Crippen LogP contribution in [0.1, 0.15) is 51.3 Å². The van der Waals surface area contributed by atoms with Crippen molar-refractivity contribution in [3.8, 4) is 11.4 Å². The number of carbonyl (C=O) groups excluding carboxylic acids is 2. The van der Waals surface area contributed by atoms with Crippen molar-refractivity contribution in [3.63, 3.8) is 0 Å². The number of aromatic amines is 1. The number of H-pyrrole nitrogens is 1. The first-order valence-corrected chi connectivity index (χ1v) is 9.99. The SMILES string of the molecule is CCCc1c(C(=O)NCCc2nnc(-c3ccccc3)n2C)[nH]c(C)c1C(=O)OC. The predicted molar refractivity (Wildman–Crippen MR) is 113 cm³/mol.